The predicted molar refractivity (Wildman–Crippen MR) is 116 cm³/mol. The van der Waals surface area contributed by atoms with E-state index in [2.05, 4.69) is 10.2 Å². The zero-order chi connectivity index (χ0) is 21.7. The molecule has 1 aliphatic heterocycles. The molecule has 7 heteroatoms. The van der Waals surface area contributed by atoms with Crippen LogP contribution in [0, 0.1) is 5.92 Å². The zero-order valence-corrected chi connectivity index (χ0v) is 17.9. The third-order valence-electron chi connectivity index (χ3n) is 5.47. The van der Waals surface area contributed by atoms with Gasteiger partial charge in [0, 0.05) is 25.2 Å². The highest BCUT2D eigenvalue weighted by atomic mass is 16.5. The van der Waals surface area contributed by atoms with Crippen molar-refractivity contribution in [2.75, 3.05) is 46.3 Å². The van der Waals surface area contributed by atoms with Crippen LogP contribution in [0.4, 0.5) is 5.69 Å². The molecule has 2 unspecified atom stereocenters. The minimum atomic E-state index is -0.363. The first-order valence-electron chi connectivity index (χ1n) is 9.95. The summed E-state index contributed by atoms with van der Waals surface area (Å²) in [5.74, 6) is 1.02. The number of benzene rings is 2. The fourth-order valence-corrected chi connectivity index (χ4v) is 3.66. The lowest BCUT2D eigenvalue weighted by Crippen LogP contribution is -2.38. The second-order valence-corrected chi connectivity index (χ2v) is 7.60. The van der Waals surface area contributed by atoms with Crippen molar-refractivity contribution in [1.82, 2.24) is 10.2 Å². The Bertz CT molecular complexity index is 865. The molecule has 1 fully saturated rings. The molecule has 30 heavy (non-hydrogen) atoms. The van der Waals surface area contributed by atoms with Gasteiger partial charge in [0.2, 0.25) is 11.8 Å². The molecular weight excluding hydrogens is 382 g/mol. The van der Waals surface area contributed by atoms with E-state index in [9.17, 15) is 9.59 Å². The Labute approximate surface area is 177 Å². The monoisotopic (exact) mass is 411 g/mol. The van der Waals surface area contributed by atoms with Gasteiger partial charge in [0.15, 0.2) is 0 Å². The number of nitrogens with one attached hydrogen (secondary N) is 1. The number of likely N-dealkylation sites (N-methyl/N-ethyl adjacent to an activating group) is 1. The quantitative estimate of drug-likeness (QED) is 0.723. The molecule has 2 aromatic carbocycles. The van der Waals surface area contributed by atoms with Gasteiger partial charge in [-0.15, -0.1) is 0 Å². The summed E-state index contributed by atoms with van der Waals surface area (Å²) in [6, 6.07) is 15.1. The highest BCUT2D eigenvalue weighted by Crippen LogP contribution is 2.27. The van der Waals surface area contributed by atoms with Gasteiger partial charge in [0.05, 0.1) is 26.2 Å². The predicted octanol–water partition coefficient (Wildman–Crippen LogP) is 2.48. The summed E-state index contributed by atoms with van der Waals surface area (Å²) in [5.41, 5.74) is 1.86. The lowest BCUT2D eigenvalue weighted by Gasteiger charge is -2.26. The maximum atomic E-state index is 12.8. The van der Waals surface area contributed by atoms with Gasteiger partial charge in [-0.2, -0.15) is 0 Å². The van der Waals surface area contributed by atoms with Crippen molar-refractivity contribution < 1.29 is 19.1 Å². The fraction of sp³-hybridized carbons (Fsp3) is 0.391. The van der Waals surface area contributed by atoms with E-state index in [-0.39, 0.29) is 30.2 Å². The van der Waals surface area contributed by atoms with Gasteiger partial charge in [-0.3, -0.25) is 9.59 Å². The Morgan fingerprint density at radius 1 is 1.07 bits per heavy atom. The van der Waals surface area contributed by atoms with E-state index >= 15 is 0 Å². The van der Waals surface area contributed by atoms with Gasteiger partial charge in [0.25, 0.3) is 0 Å². The van der Waals surface area contributed by atoms with Crippen LogP contribution in [0.1, 0.15) is 18.0 Å². The summed E-state index contributed by atoms with van der Waals surface area (Å²) in [5, 5.41) is 3.03. The number of anilines is 1. The molecule has 160 valence electrons. The van der Waals surface area contributed by atoms with Gasteiger partial charge in [-0.05, 0) is 56.1 Å². The average molecular weight is 412 g/mol. The summed E-state index contributed by atoms with van der Waals surface area (Å²) in [7, 11) is 7.19. The number of hydrogen-bond donors (Lipinski definition) is 1. The minimum absolute atomic E-state index is 0.0228. The summed E-state index contributed by atoms with van der Waals surface area (Å²) >= 11 is 0. The van der Waals surface area contributed by atoms with E-state index in [0.717, 1.165) is 22.7 Å². The third kappa shape index (κ3) is 4.91. The molecule has 1 saturated heterocycles. The molecule has 0 radical (unpaired) electrons. The van der Waals surface area contributed by atoms with Crippen molar-refractivity contribution in [2.45, 2.75) is 12.5 Å². The van der Waals surface area contributed by atoms with Gasteiger partial charge in [-0.25, -0.2) is 0 Å². The van der Waals surface area contributed by atoms with Crippen LogP contribution in [0.3, 0.4) is 0 Å². The van der Waals surface area contributed by atoms with Crippen molar-refractivity contribution in [3.05, 3.63) is 54.1 Å². The minimum Gasteiger partial charge on any atom is -0.497 e. The van der Waals surface area contributed by atoms with Gasteiger partial charge in [0.1, 0.15) is 11.5 Å². The number of hydrogen-bond acceptors (Lipinski definition) is 5. The zero-order valence-electron chi connectivity index (χ0n) is 17.9. The Morgan fingerprint density at radius 3 is 2.17 bits per heavy atom. The van der Waals surface area contributed by atoms with Gasteiger partial charge >= 0.3 is 0 Å². The molecule has 7 nitrogen and oxygen atoms in total. The average Bonchev–Trinajstić information content (AvgIpc) is 3.15. The van der Waals surface area contributed by atoms with Gasteiger partial charge < -0.3 is 24.6 Å². The van der Waals surface area contributed by atoms with E-state index in [1.54, 1.807) is 19.1 Å². The van der Waals surface area contributed by atoms with E-state index in [4.69, 9.17) is 9.47 Å². The van der Waals surface area contributed by atoms with Crippen LogP contribution in [-0.2, 0) is 9.59 Å². The number of methoxy groups -OCH3 is 2. The van der Waals surface area contributed by atoms with Crippen LogP contribution in [0.5, 0.6) is 11.5 Å². The molecule has 0 aliphatic carbocycles. The molecule has 3 rings (SSSR count). The van der Waals surface area contributed by atoms with Crippen LogP contribution in [0.25, 0.3) is 0 Å². The number of carbonyl (C=O) groups is 2. The summed E-state index contributed by atoms with van der Waals surface area (Å²) in [6.45, 7) is 0.845. The maximum absolute atomic E-state index is 12.8. The first-order chi connectivity index (χ1) is 14.4. The standard InChI is InChI=1S/C23H29N3O4/c1-25(2)21(16-5-9-19(29-3)10-6-16)14-24-23(28)17-13-22(27)26(15-17)18-7-11-20(30-4)12-8-18/h5-12,17,21H,13-15H2,1-4H3,(H,24,28). The highest BCUT2D eigenvalue weighted by Gasteiger charge is 2.35. The molecule has 2 aromatic rings. The third-order valence-corrected chi connectivity index (χ3v) is 5.47. The van der Waals surface area contributed by atoms with Crippen molar-refractivity contribution in [3.8, 4) is 11.5 Å². The van der Waals surface area contributed by atoms with E-state index < -0.39 is 0 Å². The molecule has 2 amide bonds. The normalized spacial score (nSPS) is 17.2. The second-order valence-electron chi connectivity index (χ2n) is 7.60. The molecule has 0 spiro atoms. The SMILES string of the molecule is COc1ccc(C(CNC(=O)C2CC(=O)N(c3ccc(OC)cc3)C2)N(C)C)cc1. The van der Waals surface area contributed by atoms with Crippen LogP contribution in [0.2, 0.25) is 0 Å². The molecular formula is C23H29N3O4. The summed E-state index contributed by atoms with van der Waals surface area (Å²) in [4.78, 5) is 29.0. The number of amides is 2. The largest absolute Gasteiger partial charge is 0.497 e. The first-order valence-corrected chi connectivity index (χ1v) is 9.95. The second kappa shape index (κ2) is 9.63. The van der Waals surface area contributed by atoms with E-state index in [0.29, 0.717) is 13.1 Å². The molecule has 0 bridgehead atoms. The molecule has 1 aliphatic rings. The Kier molecular flexibility index (Phi) is 6.95. The van der Waals surface area contributed by atoms with Crippen molar-refractivity contribution in [2.24, 2.45) is 5.92 Å². The molecule has 1 N–H and O–H groups in total. The van der Waals surface area contributed by atoms with Crippen LogP contribution >= 0.6 is 0 Å². The number of ether oxygens (including phenoxy) is 2. The number of nitrogens with zero attached hydrogens (tertiary/aromatic N) is 2. The smallest absolute Gasteiger partial charge is 0.227 e. The summed E-state index contributed by atoms with van der Waals surface area (Å²) in [6.07, 6.45) is 0.215. The lowest BCUT2D eigenvalue weighted by atomic mass is 10.0. The van der Waals surface area contributed by atoms with Crippen LogP contribution in [0.15, 0.2) is 48.5 Å². The van der Waals surface area contributed by atoms with Crippen LogP contribution in [-0.4, -0.2) is 58.1 Å². The van der Waals surface area contributed by atoms with Crippen molar-refractivity contribution in [1.29, 1.82) is 0 Å². The van der Waals surface area contributed by atoms with Crippen LogP contribution < -0.4 is 19.7 Å². The lowest BCUT2D eigenvalue weighted by molar-refractivity contribution is -0.126. The highest BCUT2D eigenvalue weighted by molar-refractivity contribution is 6.00. The Balaban J connectivity index is 1.61. The first kappa shape index (κ1) is 21.6. The van der Waals surface area contributed by atoms with E-state index in [1.165, 1.54) is 0 Å². The Hall–Kier alpha value is -3.06. The Morgan fingerprint density at radius 2 is 1.63 bits per heavy atom. The maximum Gasteiger partial charge on any atom is 0.227 e. The molecule has 0 aromatic heterocycles. The molecule has 1 heterocycles. The molecule has 2 atom stereocenters. The van der Waals surface area contributed by atoms with Gasteiger partial charge in [-0.1, -0.05) is 12.1 Å². The van der Waals surface area contributed by atoms with E-state index in [1.807, 2.05) is 62.6 Å². The topological polar surface area (TPSA) is 71.1 Å². The number of rotatable bonds is 8. The van der Waals surface area contributed by atoms with Crippen molar-refractivity contribution in [3.63, 3.8) is 0 Å². The van der Waals surface area contributed by atoms with Crippen molar-refractivity contribution >= 4 is 17.5 Å². The summed E-state index contributed by atoms with van der Waals surface area (Å²) < 4.78 is 10.4. The number of carbonyl (C=O) groups excluding carboxylic acids is 2. The molecule has 0 saturated carbocycles. The fourth-order valence-electron chi connectivity index (χ4n) is 3.66.